The molecule has 0 bridgehead atoms. The Balaban J connectivity index is 1.96. The Labute approximate surface area is 138 Å². The molecule has 2 rings (SSSR count). The fourth-order valence-corrected chi connectivity index (χ4v) is 3.17. The van der Waals surface area contributed by atoms with Crippen molar-refractivity contribution in [1.82, 2.24) is 15.5 Å². The molecule has 1 atom stereocenters. The third-order valence-corrected chi connectivity index (χ3v) is 4.54. The molecule has 0 aromatic heterocycles. The molecule has 0 spiro atoms. The molecule has 1 fully saturated rings. The van der Waals surface area contributed by atoms with E-state index in [0.717, 1.165) is 18.4 Å². The monoisotopic (exact) mass is 317 g/mol. The first-order chi connectivity index (χ1) is 11.1. The minimum absolute atomic E-state index is 0.115. The third-order valence-electron chi connectivity index (χ3n) is 4.54. The van der Waals surface area contributed by atoms with E-state index in [0.29, 0.717) is 12.6 Å². The maximum Gasteiger partial charge on any atom is 0.246 e. The number of rotatable bonds is 6. The van der Waals surface area contributed by atoms with Crippen molar-refractivity contribution in [3.05, 3.63) is 35.9 Å². The molecule has 1 aliphatic carbocycles. The fraction of sp³-hybridized carbons (Fsp3) is 0.556. The van der Waals surface area contributed by atoms with E-state index in [9.17, 15) is 9.59 Å². The molecule has 1 aromatic carbocycles. The number of nitrogens with one attached hydrogen (secondary N) is 2. The largest absolute Gasteiger partial charge is 0.357 e. The molecule has 0 aliphatic heterocycles. The van der Waals surface area contributed by atoms with Crippen LogP contribution in [0.4, 0.5) is 0 Å². The van der Waals surface area contributed by atoms with Gasteiger partial charge in [0.05, 0.1) is 6.54 Å². The van der Waals surface area contributed by atoms with E-state index in [1.807, 2.05) is 37.4 Å². The molecule has 126 valence electrons. The molecule has 5 nitrogen and oxygen atoms in total. The minimum atomic E-state index is -0.645. The quantitative estimate of drug-likeness (QED) is 0.842. The molecule has 1 saturated carbocycles. The lowest BCUT2D eigenvalue weighted by Gasteiger charge is -2.31. The van der Waals surface area contributed by atoms with Crippen LogP contribution in [-0.2, 0) is 9.59 Å². The highest BCUT2D eigenvalue weighted by molar-refractivity contribution is 5.89. The molecular weight excluding hydrogens is 290 g/mol. The predicted molar refractivity (Wildman–Crippen MR) is 90.9 cm³/mol. The molecule has 2 N–H and O–H groups in total. The van der Waals surface area contributed by atoms with Crippen LogP contribution in [0.3, 0.4) is 0 Å². The van der Waals surface area contributed by atoms with Gasteiger partial charge in [-0.25, -0.2) is 0 Å². The topological polar surface area (TPSA) is 61.4 Å². The predicted octanol–water partition coefficient (Wildman–Crippen LogP) is 1.85. The van der Waals surface area contributed by atoms with E-state index in [4.69, 9.17) is 0 Å². The van der Waals surface area contributed by atoms with Crippen LogP contribution >= 0.6 is 0 Å². The molecule has 1 aromatic rings. The number of likely N-dealkylation sites (N-methyl/N-ethyl adjacent to an activating group) is 2. The standard InChI is InChI=1S/C18H27N3O2/c1-19-18(23)17(14-9-5-3-6-10-14)20-16(22)13-21(2)15-11-7-4-8-12-15/h3,5-6,9-10,15,17H,4,7-8,11-13H2,1-2H3,(H,19,23)(H,20,22). The molecule has 5 heteroatoms. The van der Waals surface area contributed by atoms with Crippen LogP contribution < -0.4 is 10.6 Å². The smallest absolute Gasteiger partial charge is 0.246 e. The second-order valence-corrected chi connectivity index (χ2v) is 6.23. The van der Waals surface area contributed by atoms with Crippen LogP contribution in [0.15, 0.2) is 30.3 Å². The van der Waals surface area contributed by atoms with E-state index >= 15 is 0 Å². The summed E-state index contributed by atoms with van der Waals surface area (Å²) in [5, 5.41) is 5.48. The first-order valence-corrected chi connectivity index (χ1v) is 8.38. The van der Waals surface area contributed by atoms with Gasteiger partial charge in [-0.05, 0) is 25.5 Å². The zero-order valence-electron chi connectivity index (χ0n) is 14.0. The normalized spacial score (nSPS) is 16.8. The summed E-state index contributed by atoms with van der Waals surface area (Å²) >= 11 is 0. The molecule has 1 aliphatic rings. The fourth-order valence-electron chi connectivity index (χ4n) is 3.17. The molecule has 23 heavy (non-hydrogen) atoms. The lowest BCUT2D eigenvalue weighted by Crippen LogP contribution is -2.45. The van der Waals surface area contributed by atoms with Crippen molar-refractivity contribution in [2.75, 3.05) is 20.6 Å². The van der Waals surface area contributed by atoms with Gasteiger partial charge in [-0.1, -0.05) is 49.6 Å². The third kappa shape index (κ3) is 5.06. The van der Waals surface area contributed by atoms with Gasteiger partial charge in [0.1, 0.15) is 6.04 Å². The van der Waals surface area contributed by atoms with Crippen molar-refractivity contribution >= 4 is 11.8 Å². The summed E-state index contributed by atoms with van der Waals surface area (Å²) in [7, 11) is 3.57. The SMILES string of the molecule is CNC(=O)C(NC(=O)CN(C)C1CCCCC1)c1ccccc1. The van der Waals surface area contributed by atoms with Crippen molar-refractivity contribution in [3.63, 3.8) is 0 Å². The van der Waals surface area contributed by atoms with Crippen LogP contribution in [0.1, 0.15) is 43.7 Å². The number of carbonyl (C=O) groups excluding carboxylic acids is 2. The summed E-state index contributed by atoms with van der Waals surface area (Å²) in [6.07, 6.45) is 6.08. The van der Waals surface area contributed by atoms with Crippen molar-refractivity contribution in [2.24, 2.45) is 0 Å². The maximum absolute atomic E-state index is 12.4. The molecule has 0 radical (unpaired) electrons. The molecule has 0 saturated heterocycles. The highest BCUT2D eigenvalue weighted by Crippen LogP contribution is 2.21. The summed E-state index contributed by atoms with van der Waals surface area (Å²) in [4.78, 5) is 26.6. The minimum Gasteiger partial charge on any atom is -0.357 e. The summed E-state index contributed by atoms with van der Waals surface area (Å²) < 4.78 is 0. The molecule has 0 heterocycles. The van der Waals surface area contributed by atoms with E-state index in [2.05, 4.69) is 15.5 Å². The van der Waals surface area contributed by atoms with Gasteiger partial charge in [0, 0.05) is 13.1 Å². The summed E-state index contributed by atoms with van der Waals surface area (Å²) in [5.74, 6) is -0.319. The van der Waals surface area contributed by atoms with Gasteiger partial charge in [-0.3, -0.25) is 14.5 Å². The maximum atomic E-state index is 12.4. The Kier molecular flexibility index (Phi) is 6.59. The van der Waals surface area contributed by atoms with Crippen molar-refractivity contribution in [1.29, 1.82) is 0 Å². The van der Waals surface area contributed by atoms with Crippen LogP contribution in [0.25, 0.3) is 0 Å². The van der Waals surface area contributed by atoms with Gasteiger partial charge < -0.3 is 10.6 Å². The lowest BCUT2D eigenvalue weighted by atomic mass is 9.94. The van der Waals surface area contributed by atoms with Crippen LogP contribution in [-0.4, -0.2) is 43.4 Å². The van der Waals surface area contributed by atoms with Crippen molar-refractivity contribution in [2.45, 2.75) is 44.2 Å². The number of amides is 2. The Morgan fingerprint density at radius 2 is 1.83 bits per heavy atom. The molecular formula is C18H27N3O2. The number of hydrogen-bond donors (Lipinski definition) is 2. The highest BCUT2D eigenvalue weighted by atomic mass is 16.2. The number of benzene rings is 1. The van der Waals surface area contributed by atoms with Crippen molar-refractivity contribution < 1.29 is 9.59 Å². The van der Waals surface area contributed by atoms with Crippen molar-refractivity contribution in [3.8, 4) is 0 Å². The lowest BCUT2D eigenvalue weighted by molar-refractivity contribution is -0.129. The average molecular weight is 317 g/mol. The summed E-state index contributed by atoms with van der Waals surface area (Å²) in [5.41, 5.74) is 0.792. The summed E-state index contributed by atoms with van der Waals surface area (Å²) in [6.45, 7) is 0.324. The number of hydrogen-bond acceptors (Lipinski definition) is 3. The Bertz CT molecular complexity index is 512. The van der Waals surface area contributed by atoms with Gasteiger partial charge in [-0.15, -0.1) is 0 Å². The average Bonchev–Trinajstić information content (AvgIpc) is 2.60. The van der Waals surface area contributed by atoms with Gasteiger partial charge >= 0.3 is 0 Å². The summed E-state index contributed by atoms with van der Waals surface area (Å²) in [6, 6.07) is 9.16. The second kappa shape index (κ2) is 8.67. The molecule has 2 amide bonds. The van der Waals surface area contributed by atoms with E-state index in [1.165, 1.54) is 19.3 Å². The number of nitrogens with zero attached hydrogens (tertiary/aromatic N) is 1. The van der Waals surface area contributed by atoms with E-state index in [-0.39, 0.29) is 11.8 Å². The number of carbonyl (C=O) groups is 2. The zero-order valence-corrected chi connectivity index (χ0v) is 14.0. The Morgan fingerprint density at radius 3 is 2.43 bits per heavy atom. The van der Waals surface area contributed by atoms with Crippen LogP contribution in [0, 0.1) is 0 Å². The second-order valence-electron chi connectivity index (χ2n) is 6.23. The molecule has 1 unspecified atom stereocenters. The van der Waals surface area contributed by atoms with Gasteiger partial charge in [0.15, 0.2) is 0 Å². The Morgan fingerprint density at radius 1 is 1.17 bits per heavy atom. The first kappa shape index (κ1) is 17.5. The first-order valence-electron chi connectivity index (χ1n) is 8.38. The van der Waals surface area contributed by atoms with Crippen LogP contribution in [0.2, 0.25) is 0 Å². The van der Waals surface area contributed by atoms with E-state index in [1.54, 1.807) is 7.05 Å². The highest BCUT2D eigenvalue weighted by Gasteiger charge is 2.24. The van der Waals surface area contributed by atoms with E-state index < -0.39 is 6.04 Å². The van der Waals surface area contributed by atoms with Gasteiger partial charge in [0.2, 0.25) is 11.8 Å². The Hall–Kier alpha value is -1.88. The van der Waals surface area contributed by atoms with Gasteiger partial charge in [-0.2, -0.15) is 0 Å². The van der Waals surface area contributed by atoms with Crippen LogP contribution in [0.5, 0.6) is 0 Å². The zero-order chi connectivity index (χ0) is 16.7. The van der Waals surface area contributed by atoms with Gasteiger partial charge in [0.25, 0.3) is 0 Å².